The van der Waals surface area contributed by atoms with Gasteiger partial charge < -0.3 is 9.80 Å². The van der Waals surface area contributed by atoms with Gasteiger partial charge in [-0.2, -0.15) is 0 Å². The minimum absolute atomic E-state index is 1.11. The van der Waals surface area contributed by atoms with E-state index in [2.05, 4.69) is 36.0 Å². The largest absolute Gasteiger partial charge is 0.359 e. The van der Waals surface area contributed by atoms with E-state index in [1.807, 2.05) is 0 Å². The fraction of sp³-hybridized carbons (Fsp3) is 0.818. The topological polar surface area (TPSA) is 6.48 Å². The maximum absolute atomic E-state index is 2.41. The van der Waals surface area contributed by atoms with E-state index in [0.29, 0.717) is 0 Å². The van der Waals surface area contributed by atoms with Crippen LogP contribution in [0.15, 0.2) is 12.4 Å². The molecule has 2 nitrogen and oxygen atoms in total. The molecule has 1 aliphatic heterocycles. The lowest BCUT2D eigenvalue weighted by Gasteiger charge is -2.20. The molecular formula is C11H22N2. The van der Waals surface area contributed by atoms with Gasteiger partial charge >= 0.3 is 0 Å². The standard InChI is InChI=1S/C11H22N2/c1-3-5-6-8-13-10-9-12(11-13)7-4-2/h9-10H,3-8,11H2,1-2H3. The summed E-state index contributed by atoms with van der Waals surface area (Å²) in [5, 5.41) is 0. The van der Waals surface area contributed by atoms with Crippen molar-refractivity contribution in [1.29, 1.82) is 0 Å². The van der Waals surface area contributed by atoms with E-state index in [1.165, 1.54) is 38.8 Å². The molecule has 0 aromatic heterocycles. The summed E-state index contributed by atoms with van der Waals surface area (Å²) in [7, 11) is 0. The Labute approximate surface area is 82.2 Å². The molecule has 2 heteroatoms. The molecule has 1 rings (SSSR count). The van der Waals surface area contributed by atoms with Crippen LogP contribution < -0.4 is 0 Å². The maximum atomic E-state index is 2.41. The highest BCUT2D eigenvalue weighted by Gasteiger charge is 2.09. The molecule has 0 saturated heterocycles. The minimum atomic E-state index is 1.11. The fourth-order valence-electron chi connectivity index (χ4n) is 1.66. The van der Waals surface area contributed by atoms with E-state index in [9.17, 15) is 0 Å². The Morgan fingerprint density at radius 2 is 1.62 bits per heavy atom. The predicted octanol–water partition coefficient (Wildman–Crippen LogP) is 2.63. The van der Waals surface area contributed by atoms with Crippen molar-refractivity contribution in [3.8, 4) is 0 Å². The molecule has 0 unspecified atom stereocenters. The molecule has 1 heterocycles. The minimum Gasteiger partial charge on any atom is -0.359 e. The van der Waals surface area contributed by atoms with E-state index in [0.717, 1.165) is 6.67 Å². The summed E-state index contributed by atoms with van der Waals surface area (Å²) < 4.78 is 0. The first-order valence-corrected chi connectivity index (χ1v) is 5.53. The van der Waals surface area contributed by atoms with Crippen LogP contribution in [0.5, 0.6) is 0 Å². The number of nitrogens with zero attached hydrogens (tertiary/aromatic N) is 2. The highest BCUT2D eigenvalue weighted by molar-refractivity contribution is 4.89. The Morgan fingerprint density at radius 1 is 0.923 bits per heavy atom. The Morgan fingerprint density at radius 3 is 2.23 bits per heavy atom. The van der Waals surface area contributed by atoms with E-state index < -0.39 is 0 Å². The van der Waals surface area contributed by atoms with Crippen molar-refractivity contribution in [2.75, 3.05) is 19.8 Å². The zero-order chi connectivity index (χ0) is 9.52. The van der Waals surface area contributed by atoms with Crippen LogP contribution in [-0.4, -0.2) is 29.6 Å². The highest BCUT2D eigenvalue weighted by atomic mass is 15.3. The summed E-state index contributed by atoms with van der Waals surface area (Å²) >= 11 is 0. The Balaban J connectivity index is 2.08. The van der Waals surface area contributed by atoms with Crippen molar-refractivity contribution >= 4 is 0 Å². The molecule has 0 aliphatic carbocycles. The van der Waals surface area contributed by atoms with E-state index >= 15 is 0 Å². The molecule has 0 aromatic carbocycles. The smallest absolute Gasteiger partial charge is 0.0893 e. The average molecular weight is 182 g/mol. The molecule has 0 radical (unpaired) electrons. The molecule has 1 aliphatic rings. The first-order valence-electron chi connectivity index (χ1n) is 5.53. The maximum Gasteiger partial charge on any atom is 0.0893 e. The van der Waals surface area contributed by atoms with Crippen LogP contribution >= 0.6 is 0 Å². The van der Waals surface area contributed by atoms with E-state index in [4.69, 9.17) is 0 Å². The van der Waals surface area contributed by atoms with Gasteiger partial charge in [0.2, 0.25) is 0 Å². The zero-order valence-corrected chi connectivity index (χ0v) is 9.00. The molecule has 0 N–H and O–H groups in total. The van der Waals surface area contributed by atoms with Crippen LogP contribution in [0.4, 0.5) is 0 Å². The summed E-state index contributed by atoms with van der Waals surface area (Å²) in [5.74, 6) is 0. The molecule has 0 aromatic rings. The zero-order valence-electron chi connectivity index (χ0n) is 9.00. The lowest BCUT2D eigenvalue weighted by Crippen LogP contribution is -2.26. The molecule has 0 amide bonds. The quantitative estimate of drug-likeness (QED) is 0.583. The van der Waals surface area contributed by atoms with Crippen molar-refractivity contribution in [2.24, 2.45) is 0 Å². The third-order valence-electron chi connectivity index (χ3n) is 2.41. The second-order valence-corrected chi connectivity index (χ2v) is 3.77. The number of hydrogen-bond acceptors (Lipinski definition) is 2. The van der Waals surface area contributed by atoms with E-state index in [1.54, 1.807) is 0 Å². The molecular weight excluding hydrogens is 160 g/mol. The number of unbranched alkanes of at least 4 members (excludes halogenated alkanes) is 2. The van der Waals surface area contributed by atoms with Gasteiger partial charge in [-0.25, -0.2) is 0 Å². The highest BCUT2D eigenvalue weighted by Crippen LogP contribution is 2.08. The summed E-state index contributed by atoms with van der Waals surface area (Å²) in [6.07, 6.45) is 9.70. The molecule has 0 atom stereocenters. The average Bonchev–Trinajstić information content (AvgIpc) is 2.54. The van der Waals surface area contributed by atoms with Gasteiger partial charge in [0, 0.05) is 25.5 Å². The number of hydrogen-bond donors (Lipinski definition) is 0. The molecule has 0 saturated carbocycles. The Hall–Kier alpha value is -0.660. The van der Waals surface area contributed by atoms with Crippen molar-refractivity contribution < 1.29 is 0 Å². The summed E-state index contributed by atoms with van der Waals surface area (Å²) in [5.41, 5.74) is 0. The monoisotopic (exact) mass is 182 g/mol. The summed E-state index contributed by atoms with van der Waals surface area (Å²) in [6.45, 7) is 8.01. The van der Waals surface area contributed by atoms with Gasteiger partial charge in [0.15, 0.2) is 0 Å². The van der Waals surface area contributed by atoms with Gasteiger partial charge in [-0.05, 0) is 12.8 Å². The lowest BCUT2D eigenvalue weighted by atomic mass is 10.2. The Bertz CT molecular complexity index is 154. The summed E-state index contributed by atoms with van der Waals surface area (Å²) in [6, 6.07) is 0. The molecule has 0 fully saturated rings. The molecule has 13 heavy (non-hydrogen) atoms. The van der Waals surface area contributed by atoms with Crippen LogP contribution in [0.25, 0.3) is 0 Å². The van der Waals surface area contributed by atoms with Gasteiger partial charge in [-0.3, -0.25) is 0 Å². The van der Waals surface area contributed by atoms with Crippen LogP contribution in [0, 0.1) is 0 Å². The van der Waals surface area contributed by atoms with Crippen molar-refractivity contribution in [3.63, 3.8) is 0 Å². The van der Waals surface area contributed by atoms with Crippen LogP contribution in [0.3, 0.4) is 0 Å². The van der Waals surface area contributed by atoms with Crippen LogP contribution in [-0.2, 0) is 0 Å². The van der Waals surface area contributed by atoms with Crippen molar-refractivity contribution in [1.82, 2.24) is 9.80 Å². The third kappa shape index (κ3) is 3.71. The normalized spacial score (nSPS) is 15.8. The molecule has 0 spiro atoms. The summed E-state index contributed by atoms with van der Waals surface area (Å²) in [4.78, 5) is 4.79. The molecule has 76 valence electrons. The van der Waals surface area contributed by atoms with Gasteiger partial charge in [0.1, 0.15) is 0 Å². The van der Waals surface area contributed by atoms with Gasteiger partial charge in [0.25, 0.3) is 0 Å². The first-order chi connectivity index (χ1) is 6.36. The second kappa shape index (κ2) is 5.90. The SMILES string of the molecule is CCCCCN1C=CN(CCC)C1. The van der Waals surface area contributed by atoms with Gasteiger partial charge in [-0.15, -0.1) is 0 Å². The Kier molecular flexibility index (Phi) is 4.73. The lowest BCUT2D eigenvalue weighted by molar-refractivity contribution is 0.262. The molecule has 0 bridgehead atoms. The van der Waals surface area contributed by atoms with Crippen LogP contribution in [0.1, 0.15) is 39.5 Å². The van der Waals surface area contributed by atoms with E-state index in [-0.39, 0.29) is 0 Å². The first kappa shape index (κ1) is 10.4. The fourth-order valence-corrected chi connectivity index (χ4v) is 1.66. The predicted molar refractivity (Wildman–Crippen MR) is 57.2 cm³/mol. The van der Waals surface area contributed by atoms with Crippen LogP contribution in [0.2, 0.25) is 0 Å². The number of rotatable bonds is 6. The third-order valence-corrected chi connectivity index (χ3v) is 2.41. The van der Waals surface area contributed by atoms with Gasteiger partial charge in [-0.1, -0.05) is 26.7 Å². The van der Waals surface area contributed by atoms with Crippen molar-refractivity contribution in [3.05, 3.63) is 12.4 Å². The van der Waals surface area contributed by atoms with Crippen molar-refractivity contribution in [2.45, 2.75) is 39.5 Å². The van der Waals surface area contributed by atoms with Gasteiger partial charge in [0.05, 0.1) is 6.67 Å². The second-order valence-electron chi connectivity index (χ2n) is 3.77.